The topological polar surface area (TPSA) is 29.3 Å². The van der Waals surface area contributed by atoms with Crippen LogP contribution in [0.2, 0.25) is 0 Å². The summed E-state index contributed by atoms with van der Waals surface area (Å²) >= 11 is 7.66. The van der Waals surface area contributed by atoms with Gasteiger partial charge in [-0.2, -0.15) is 16.7 Å². The van der Waals surface area contributed by atoms with Crippen molar-refractivity contribution < 1.29 is 4.42 Å². The van der Waals surface area contributed by atoms with Crippen molar-refractivity contribution in [2.24, 2.45) is 0 Å². The van der Waals surface area contributed by atoms with E-state index in [1.165, 1.54) is 12.2 Å². The Kier molecular flexibility index (Phi) is 3.59. The summed E-state index contributed by atoms with van der Waals surface area (Å²) in [7, 11) is 0. The first-order chi connectivity index (χ1) is 6.90. The molecule has 1 saturated heterocycles. The lowest BCUT2D eigenvalue weighted by Gasteiger charge is -2.16. The molecule has 5 heteroatoms. The molecule has 0 amide bonds. The number of anilines is 1. The summed E-state index contributed by atoms with van der Waals surface area (Å²) in [5, 5.41) is 0. The lowest BCUT2D eigenvalue weighted by Crippen LogP contribution is -2.25. The summed E-state index contributed by atoms with van der Waals surface area (Å²) in [6, 6.07) is 0.725. The van der Waals surface area contributed by atoms with E-state index in [1.807, 2.05) is 11.8 Å². The van der Waals surface area contributed by atoms with Gasteiger partial charge in [-0.1, -0.05) is 0 Å². The molecule has 0 saturated carbocycles. The quantitative estimate of drug-likeness (QED) is 0.733. The Labute approximate surface area is 92.8 Å². The van der Waals surface area contributed by atoms with Crippen LogP contribution in [0.15, 0.2) is 10.7 Å². The van der Waals surface area contributed by atoms with Crippen LogP contribution in [0.3, 0.4) is 0 Å². The summed E-state index contributed by atoms with van der Waals surface area (Å²) < 4.78 is 5.37. The van der Waals surface area contributed by atoms with Crippen LogP contribution in [0, 0.1) is 0 Å². The third-order valence-electron chi connectivity index (χ3n) is 2.17. The second-order valence-electron chi connectivity index (χ2n) is 3.21. The van der Waals surface area contributed by atoms with E-state index in [1.54, 1.807) is 6.26 Å². The van der Waals surface area contributed by atoms with Gasteiger partial charge in [-0.15, -0.1) is 11.6 Å². The molecule has 0 radical (unpaired) electrons. The molecule has 0 aromatic carbocycles. The van der Waals surface area contributed by atoms with Gasteiger partial charge in [0.15, 0.2) is 0 Å². The van der Waals surface area contributed by atoms with Crippen LogP contribution < -0.4 is 4.90 Å². The van der Waals surface area contributed by atoms with Crippen LogP contribution in [0.4, 0.5) is 6.01 Å². The maximum Gasteiger partial charge on any atom is 0.297 e. The molecule has 1 fully saturated rings. The molecule has 1 aromatic rings. The number of alkyl halides is 1. The number of nitrogens with zero attached hydrogens (tertiary/aromatic N) is 2. The van der Waals surface area contributed by atoms with E-state index in [0.717, 1.165) is 30.6 Å². The number of hydrogen-bond donors (Lipinski definition) is 0. The molecule has 1 aromatic heterocycles. The maximum atomic E-state index is 5.67. The number of thioether (sulfide) groups is 1. The van der Waals surface area contributed by atoms with Crippen molar-refractivity contribution in [1.29, 1.82) is 0 Å². The molecular formula is C9H13ClN2OS. The number of hydrogen-bond acceptors (Lipinski definition) is 4. The van der Waals surface area contributed by atoms with Crippen molar-refractivity contribution >= 4 is 29.4 Å². The first-order valence-electron chi connectivity index (χ1n) is 4.73. The van der Waals surface area contributed by atoms with Gasteiger partial charge in [0.05, 0.1) is 11.6 Å². The third kappa shape index (κ3) is 2.36. The van der Waals surface area contributed by atoms with Crippen molar-refractivity contribution in [2.45, 2.75) is 12.3 Å². The van der Waals surface area contributed by atoms with Crippen molar-refractivity contribution in [3.63, 3.8) is 0 Å². The van der Waals surface area contributed by atoms with Crippen LogP contribution in [0.1, 0.15) is 12.1 Å². The monoisotopic (exact) mass is 232 g/mol. The molecule has 0 unspecified atom stereocenters. The molecule has 2 heterocycles. The zero-order chi connectivity index (χ0) is 9.80. The minimum Gasteiger partial charge on any atom is -0.432 e. The smallest absolute Gasteiger partial charge is 0.297 e. The number of halogens is 1. The standard InChI is InChI=1S/C9H13ClN2OS/c10-6-8-7-13-9(11-8)12-2-1-4-14-5-3-12/h7H,1-6H2. The Morgan fingerprint density at radius 1 is 1.50 bits per heavy atom. The second-order valence-corrected chi connectivity index (χ2v) is 4.70. The van der Waals surface area contributed by atoms with Gasteiger partial charge < -0.3 is 9.32 Å². The van der Waals surface area contributed by atoms with Crippen LogP contribution >= 0.6 is 23.4 Å². The molecule has 1 aliphatic heterocycles. The number of rotatable bonds is 2. The van der Waals surface area contributed by atoms with E-state index in [-0.39, 0.29) is 0 Å². The van der Waals surface area contributed by atoms with Crippen molar-refractivity contribution in [1.82, 2.24) is 4.98 Å². The van der Waals surface area contributed by atoms with E-state index < -0.39 is 0 Å². The normalized spacial score (nSPS) is 18.2. The number of oxazole rings is 1. The summed E-state index contributed by atoms with van der Waals surface area (Å²) in [5.41, 5.74) is 0.818. The van der Waals surface area contributed by atoms with Crippen LogP contribution in [0.25, 0.3) is 0 Å². The van der Waals surface area contributed by atoms with Gasteiger partial charge in [-0.25, -0.2) is 0 Å². The van der Waals surface area contributed by atoms with Gasteiger partial charge in [-0.05, 0) is 12.2 Å². The molecule has 0 N–H and O–H groups in total. The average molecular weight is 233 g/mol. The first kappa shape index (κ1) is 10.2. The number of aromatic nitrogens is 1. The molecular weight excluding hydrogens is 220 g/mol. The van der Waals surface area contributed by atoms with E-state index in [4.69, 9.17) is 16.0 Å². The largest absolute Gasteiger partial charge is 0.432 e. The van der Waals surface area contributed by atoms with E-state index >= 15 is 0 Å². The summed E-state index contributed by atoms with van der Waals surface area (Å²) in [6.07, 6.45) is 2.84. The summed E-state index contributed by atoms with van der Waals surface area (Å²) in [5.74, 6) is 2.81. The van der Waals surface area contributed by atoms with Gasteiger partial charge >= 0.3 is 0 Å². The van der Waals surface area contributed by atoms with Gasteiger partial charge in [0.25, 0.3) is 6.01 Å². The Hall–Kier alpha value is -0.350. The Morgan fingerprint density at radius 3 is 3.21 bits per heavy atom. The highest BCUT2D eigenvalue weighted by atomic mass is 35.5. The van der Waals surface area contributed by atoms with E-state index in [0.29, 0.717) is 5.88 Å². The molecule has 1 aliphatic rings. The Morgan fingerprint density at radius 2 is 2.43 bits per heavy atom. The van der Waals surface area contributed by atoms with Crippen molar-refractivity contribution in [2.75, 3.05) is 29.5 Å². The maximum absolute atomic E-state index is 5.67. The SMILES string of the molecule is ClCc1coc(N2CCCSCC2)n1. The molecule has 0 atom stereocenters. The third-order valence-corrected chi connectivity index (χ3v) is 3.49. The van der Waals surface area contributed by atoms with Gasteiger partial charge in [0.1, 0.15) is 6.26 Å². The van der Waals surface area contributed by atoms with Gasteiger partial charge in [-0.3, -0.25) is 0 Å². The van der Waals surface area contributed by atoms with Crippen LogP contribution in [-0.2, 0) is 5.88 Å². The predicted molar refractivity (Wildman–Crippen MR) is 60.2 cm³/mol. The van der Waals surface area contributed by atoms with Crippen molar-refractivity contribution in [3.05, 3.63) is 12.0 Å². The van der Waals surface area contributed by atoms with Crippen LogP contribution in [-0.4, -0.2) is 29.6 Å². The highest BCUT2D eigenvalue weighted by Crippen LogP contribution is 2.18. The highest BCUT2D eigenvalue weighted by Gasteiger charge is 2.14. The van der Waals surface area contributed by atoms with Crippen LogP contribution in [0.5, 0.6) is 0 Å². The zero-order valence-electron chi connectivity index (χ0n) is 7.91. The lowest BCUT2D eigenvalue weighted by molar-refractivity contribution is 0.536. The molecule has 2 rings (SSSR count). The highest BCUT2D eigenvalue weighted by molar-refractivity contribution is 7.99. The average Bonchev–Trinajstić information content (AvgIpc) is 2.53. The van der Waals surface area contributed by atoms with Crippen molar-refractivity contribution in [3.8, 4) is 0 Å². The second kappa shape index (κ2) is 4.94. The fourth-order valence-corrected chi connectivity index (χ4v) is 2.45. The summed E-state index contributed by atoms with van der Waals surface area (Å²) in [6.45, 7) is 2.06. The molecule has 78 valence electrons. The molecule has 0 bridgehead atoms. The minimum absolute atomic E-state index is 0.423. The molecule has 0 aliphatic carbocycles. The van der Waals surface area contributed by atoms with Gasteiger partial charge in [0.2, 0.25) is 0 Å². The Balaban J connectivity index is 2.04. The summed E-state index contributed by atoms with van der Waals surface area (Å²) in [4.78, 5) is 6.50. The van der Waals surface area contributed by atoms with E-state index in [2.05, 4.69) is 9.88 Å². The Bertz CT molecular complexity index is 284. The molecule has 3 nitrogen and oxygen atoms in total. The fourth-order valence-electron chi connectivity index (χ4n) is 1.44. The molecule has 0 spiro atoms. The van der Waals surface area contributed by atoms with Gasteiger partial charge in [0, 0.05) is 18.8 Å². The molecule has 14 heavy (non-hydrogen) atoms. The first-order valence-corrected chi connectivity index (χ1v) is 6.42. The fraction of sp³-hybridized carbons (Fsp3) is 0.667. The zero-order valence-corrected chi connectivity index (χ0v) is 9.48. The van der Waals surface area contributed by atoms with E-state index in [9.17, 15) is 0 Å². The minimum atomic E-state index is 0.423. The predicted octanol–water partition coefficient (Wildman–Crippen LogP) is 2.36. The lowest BCUT2D eigenvalue weighted by atomic mass is 10.4.